The first kappa shape index (κ1) is 98.7. The Morgan fingerprint density at radius 2 is 0.364 bits per heavy atom. The molecule has 118 heavy (non-hydrogen) atoms. The minimum Gasteiger partial charge on any atom is -0.414 e. The van der Waals surface area contributed by atoms with Crippen molar-refractivity contribution in [3.63, 3.8) is 0 Å². The van der Waals surface area contributed by atoms with Crippen LogP contribution in [0.25, 0.3) is 89.0 Å². The average Bonchev–Trinajstić information content (AvgIpc) is 0.801. The van der Waals surface area contributed by atoms with Gasteiger partial charge in [0.15, 0.2) is 29.3 Å². The third-order valence-corrected chi connectivity index (χ3v) is 28.8. The largest absolute Gasteiger partial charge is 1.00 e. The van der Waals surface area contributed by atoms with E-state index in [1.807, 2.05) is 72.7 Å². The molecule has 0 aliphatic rings. The Bertz CT molecular complexity index is 4400. The van der Waals surface area contributed by atoms with Crippen LogP contribution in [0.2, 0.25) is 0 Å². The number of rotatable bonds is 29. The molecule has 0 amide bonds. The van der Waals surface area contributed by atoms with Crippen molar-refractivity contribution in [3.05, 3.63) is 321 Å². The van der Waals surface area contributed by atoms with E-state index >= 15 is 0 Å². The maximum absolute atomic E-state index is 6.04. The van der Waals surface area contributed by atoms with Gasteiger partial charge in [-0.1, -0.05) is 315 Å². The molecule has 0 heterocycles. The summed E-state index contributed by atoms with van der Waals surface area (Å²) in [6.07, 6.45) is 0. The first-order valence-corrected chi connectivity index (χ1v) is 48.6. The van der Waals surface area contributed by atoms with Gasteiger partial charge < -0.3 is 50.2 Å². The van der Waals surface area contributed by atoms with Crippen molar-refractivity contribution in [2.24, 2.45) is 0 Å². The molecular formula is C102H129LiO10Si5. The zero-order valence-electron chi connectivity index (χ0n) is 74.2. The summed E-state index contributed by atoms with van der Waals surface area (Å²) in [6, 6.07) is 112. The van der Waals surface area contributed by atoms with Gasteiger partial charge in [0.1, 0.15) is 0 Å². The van der Waals surface area contributed by atoms with E-state index in [9.17, 15) is 0 Å². The molecule has 0 saturated carbocycles. The van der Waals surface area contributed by atoms with Crippen molar-refractivity contribution >= 4 is 67.9 Å². The minimum atomic E-state index is -2.88. The van der Waals surface area contributed by atoms with E-state index in [2.05, 4.69) is 374 Å². The zero-order chi connectivity index (χ0) is 84.5. The molecule has 0 unspecified atom stereocenters. The predicted molar refractivity (Wildman–Crippen MR) is 509 cm³/mol. The minimum absolute atomic E-state index is 0. The topological polar surface area (TPSA) is 92.3 Å². The maximum Gasteiger partial charge on any atom is 1.00 e. The quantitative estimate of drug-likeness (QED) is 0.0333. The fourth-order valence-electron chi connectivity index (χ4n) is 12.0. The Hall–Kier alpha value is -8.08. The fraction of sp³-hybridized carbons (Fsp3) is 0.284. The summed E-state index contributed by atoms with van der Waals surface area (Å²) in [7, 11) is -7.68. The summed E-state index contributed by atoms with van der Waals surface area (Å²) >= 11 is 0. The van der Waals surface area contributed by atoms with Gasteiger partial charge in [-0.15, -0.1) is 0 Å². The summed E-state index contributed by atoms with van der Waals surface area (Å²) in [5.74, 6) is 1.42. The molecule has 0 aliphatic carbocycles. The van der Waals surface area contributed by atoms with Gasteiger partial charge in [0, 0.05) is 68.2 Å². The second kappa shape index (κ2) is 51.5. The van der Waals surface area contributed by atoms with Crippen molar-refractivity contribution in [2.75, 3.05) is 46.2 Å². The van der Waals surface area contributed by atoms with Gasteiger partial charge in [-0.2, -0.15) is 20.8 Å². The fourth-order valence-corrected chi connectivity index (χ4v) is 19.5. The van der Waals surface area contributed by atoms with Gasteiger partial charge in [0.25, 0.3) is 0 Å². The van der Waals surface area contributed by atoms with Crippen LogP contribution in [0.4, 0.5) is 0 Å². The van der Waals surface area contributed by atoms with Gasteiger partial charge >= 0.3 is 36.7 Å². The van der Waals surface area contributed by atoms with Crippen LogP contribution in [-0.4, -0.2) is 110 Å². The second-order valence-electron chi connectivity index (χ2n) is 31.2. The van der Waals surface area contributed by atoms with Crippen molar-refractivity contribution in [3.8, 4) is 89.0 Å². The van der Waals surface area contributed by atoms with Crippen LogP contribution in [0.15, 0.2) is 315 Å². The van der Waals surface area contributed by atoms with E-state index in [4.69, 9.17) is 44.3 Å². The number of benzene rings is 12. The smallest absolute Gasteiger partial charge is 0.414 e. The molecule has 16 heteroatoms. The average molecular weight is 1660 g/mol. The van der Waals surface area contributed by atoms with E-state index < -0.39 is 47.1 Å². The Morgan fingerprint density at radius 1 is 0.220 bits per heavy atom. The van der Waals surface area contributed by atoms with E-state index in [0.29, 0.717) is 46.2 Å². The van der Waals surface area contributed by atoms with Crippen molar-refractivity contribution in [2.45, 2.75) is 148 Å². The van der Waals surface area contributed by atoms with Crippen molar-refractivity contribution < 1.29 is 63.1 Å². The molecule has 0 fully saturated rings. The van der Waals surface area contributed by atoms with Gasteiger partial charge in [0.05, 0.1) is 0 Å². The molecule has 0 atom stereocenters. The van der Waals surface area contributed by atoms with Crippen molar-refractivity contribution in [1.29, 1.82) is 0 Å². The molecule has 0 saturated heterocycles. The third kappa shape index (κ3) is 34.9. The summed E-state index contributed by atoms with van der Waals surface area (Å²) in [6.45, 7) is 42.7. The molecular weight excluding hydrogens is 1530 g/mol. The normalized spacial score (nSPS) is 11.7. The van der Waals surface area contributed by atoms with Gasteiger partial charge in [-0.25, -0.2) is 0 Å². The van der Waals surface area contributed by atoms with Gasteiger partial charge in [-0.3, -0.25) is 0 Å². The van der Waals surface area contributed by atoms with Crippen molar-refractivity contribution in [1.82, 2.24) is 0 Å². The molecule has 12 aromatic carbocycles. The van der Waals surface area contributed by atoms with Gasteiger partial charge in [-0.05, 0) is 215 Å². The molecule has 12 aromatic rings. The predicted octanol–water partition coefficient (Wildman–Crippen LogP) is 19.1. The molecule has 0 N–H and O–H groups in total. The van der Waals surface area contributed by atoms with E-state index in [0.717, 1.165) is 10.8 Å². The summed E-state index contributed by atoms with van der Waals surface area (Å²) < 4.78 is 57.7. The molecule has 0 bridgehead atoms. The molecule has 10 nitrogen and oxygen atoms in total. The van der Waals surface area contributed by atoms with Crippen LogP contribution >= 0.6 is 0 Å². The molecule has 618 valence electrons. The first-order chi connectivity index (χ1) is 56.2. The SMILES string of the molecule is CC(C)(C)O[SiH2]c1ccc(-c2ccc(-c3ccccc3)cc2)cc1.CC(C)(C)O[SiH2]c1ccc(-c2ccc(-c3ccccc3)cc2)cc1.CCO[Si](OCC)(OCC)OCC.CCO[Si](OCC)(OCC)c1ccc(-c2ccc(-c3ccc([SiH2]OC(C)(C)C)cc3)cc2)cc1.C[C-](C)C.[Li+].c1ccc(-c2ccc(-c3ccccc3)cc2)cc1. The Morgan fingerprint density at radius 3 is 0.517 bits per heavy atom. The van der Waals surface area contributed by atoms with Crippen LogP contribution in [0.3, 0.4) is 0 Å². The zero-order valence-corrected chi connectivity index (χ0v) is 80.4. The Kier molecular flexibility index (Phi) is 43.1. The van der Waals surface area contributed by atoms with E-state index in [-0.39, 0.29) is 35.7 Å². The second-order valence-corrected chi connectivity index (χ2v) is 40.1. The number of hydrogen-bond donors (Lipinski definition) is 0. The van der Waals surface area contributed by atoms with Crippen LogP contribution in [0.1, 0.15) is 132 Å². The monoisotopic (exact) mass is 1660 g/mol. The third-order valence-electron chi connectivity index (χ3n) is 17.7. The van der Waals surface area contributed by atoms with Crippen LogP contribution in [0, 0.1) is 5.92 Å². The molecule has 0 aliphatic heterocycles. The molecule has 0 spiro atoms. The van der Waals surface area contributed by atoms with E-state index in [1.165, 1.54) is 105 Å². The molecule has 0 radical (unpaired) electrons. The number of hydrogen-bond acceptors (Lipinski definition) is 10. The summed E-state index contributed by atoms with van der Waals surface area (Å²) in [5, 5.41) is 5.00. The van der Waals surface area contributed by atoms with Crippen LogP contribution < -0.4 is 39.6 Å². The summed E-state index contributed by atoms with van der Waals surface area (Å²) in [4.78, 5) is 0. The maximum atomic E-state index is 6.04. The van der Waals surface area contributed by atoms with Gasteiger partial charge in [0.2, 0.25) is 0 Å². The summed E-state index contributed by atoms with van der Waals surface area (Å²) in [5.41, 5.74) is 19.7. The Balaban J connectivity index is 0.000000232. The van der Waals surface area contributed by atoms with E-state index in [1.54, 1.807) is 0 Å². The first-order valence-electron chi connectivity index (χ1n) is 41.4. The Labute approximate surface area is 730 Å². The van der Waals surface area contributed by atoms with Crippen LogP contribution in [-0.2, 0) is 44.3 Å². The van der Waals surface area contributed by atoms with Crippen LogP contribution in [0.5, 0.6) is 0 Å². The molecule has 0 aromatic heterocycles. The molecule has 12 rings (SSSR count). The standard InChI is InChI=1S/C28H38O4Si2.2C22H24OSi.C18H14.C8H20O4Si.C4H9.Li/c1-7-29-34(30-8-2,31-9-3)27-20-16-25(17-21-27)23-12-10-22(11-13-23)24-14-18-26(19-15-24)33-32-28(4,5)6;2*1-22(2,3)23-24-21-15-13-20(14-16-21)19-11-9-18(10-12-19)17-7-5-4-6-8-17;1-3-7-15(8-4-1)17-11-13-18(14-12-17)16-9-5-2-6-10-16;1-5-9-13(10-6-2,11-7-3)12-8-4;1-4(2)3;/h10-21H,7-9,33H2,1-6H3;2*4-16H,24H2,1-3H3;1-14H;5-8H2,1-4H3;1-3H3;/q;;;;;-1;+1.